The summed E-state index contributed by atoms with van der Waals surface area (Å²) in [7, 11) is 1.53. The molecule has 1 amide bonds. The average Bonchev–Trinajstić information content (AvgIpc) is 2.34. The van der Waals surface area contributed by atoms with Crippen LogP contribution in [0.2, 0.25) is 5.02 Å². The van der Waals surface area contributed by atoms with Crippen LogP contribution in [0.4, 0.5) is 0 Å². The maximum Gasteiger partial charge on any atom is 0.255 e. The number of ether oxygens (including phenoxy) is 1. The molecule has 0 fully saturated rings. The highest BCUT2D eigenvalue weighted by atomic mass is 127. The summed E-state index contributed by atoms with van der Waals surface area (Å²) in [5.41, 5.74) is 0.511. The van der Waals surface area contributed by atoms with Gasteiger partial charge in [0.1, 0.15) is 5.75 Å². The van der Waals surface area contributed by atoms with Crippen LogP contribution in [0.25, 0.3) is 0 Å². The Morgan fingerprint density at radius 1 is 1.50 bits per heavy atom. The van der Waals surface area contributed by atoms with Crippen LogP contribution in [0.15, 0.2) is 18.2 Å². The van der Waals surface area contributed by atoms with E-state index in [1.54, 1.807) is 18.2 Å². The number of methoxy groups -OCH3 is 1. The Balaban J connectivity index is 2.90. The lowest BCUT2D eigenvalue weighted by Crippen LogP contribution is -2.39. The Labute approximate surface area is 126 Å². The molecule has 3 nitrogen and oxygen atoms in total. The van der Waals surface area contributed by atoms with Gasteiger partial charge in [0.15, 0.2) is 0 Å². The second kappa shape index (κ2) is 7.19. The van der Waals surface area contributed by atoms with E-state index in [0.717, 1.165) is 4.43 Å². The van der Waals surface area contributed by atoms with Gasteiger partial charge in [-0.25, -0.2) is 0 Å². The van der Waals surface area contributed by atoms with Crippen molar-refractivity contribution < 1.29 is 9.53 Å². The fourth-order valence-electron chi connectivity index (χ4n) is 1.48. The third-order valence-electron chi connectivity index (χ3n) is 2.70. The van der Waals surface area contributed by atoms with Crippen LogP contribution in [0, 0.1) is 5.92 Å². The molecule has 0 aromatic heterocycles. The number of amides is 1. The molecule has 0 heterocycles. The van der Waals surface area contributed by atoms with Gasteiger partial charge in [-0.2, -0.15) is 0 Å². The number of carbonyl (C=O) groups is 1. The van der Waals surface area contributed by atoms with Gasteiger partial charge in [-0.3, -0.25) is 4.79 Å². The van der Waals surface area contributed by atoms with E-state index in [0.29, 0.717) is 22.3 Å². The first kappa shape index (κ1) is 15.6. The standard InChI is InChI=1S/C13H17ClINO2/c1-8(2)11(7-15)16-13(17)10-5-4-9(14)6-12(10)18-3/h4-6,8,11H,7H2,1-3H3,(H,16,17). The molecule has 0 saturated heterocycles. The monoisotopic (exact) mass is 381 g/mol. The van der Waals surface area contributed by atoms with Gasteiger partial charge in [0.2, 0.25) is 0 Å². The van der Waals surface area contributed by atoms with Gasteiger partial charge < -0.3 is 10.1 Å². The quantitative estimate of drug-likeness (QED) is 0.626. The minimum absolute atomic E-state index is 0.126. The number of carbonyl (C=O) groups excluding carboxylic acids is 1. The van der Waals surface area contributed by atoms with Crippen LogP contribution >= 0.6 is 34.2 Å². The van der Waals surface area contributed by atoms with Gasteiger partial charge in [-0.05, 0) is 24.1 Å². The summed E-state index contributed by atoms with van der Waals surface area (Å²) in [5.74, 6) is 0.763. The molecule has 0 spiro atoms. The second-order valence-corrected chi connectivity index (χ2v) is 5.64. The van der Waals surface area contributed by atoms with Gasteiger partial charge in [-0.15, -0.1) is 0 Å². The topological polar surface area (TPSA) is 38.3 Å². The van der Waals surface area contributed by atoms with Crippen LogP contribution < -0.4 is 10.1 Å². The maximum absolute atomic E-state index is 12.2. The summed E-state index contributed by atoms with van der Waals surface area (Å²) >= 11 is 8.14. The molecule has 0 bridgehead atoms. The van der Waals surface area contributed by atoms with E-state index >= 15 is 0 Å². The summed E-state index contributed by atoms with van der Waals surface area (Å²) in [6.45, 7) is 4.17. The van der Waals surface area contributed by atoms with E-state index in [2.05, 4.69) is 41.8 Å². The number of rotatable bonds is 5. The molecule has 1 N–H and O–H groups in total. The summed E-state index contributed by atoms with van der Waals surface area (Å²) in [6, 6.07) is 5.16. The Bertz CT molecular complexity index is 423. The van der Waals surface area contributed by atoms with Crippen molar-refractivity contribution in [2.24, 2.45) is 5.92 Å². The first-order valence-electron chi connectivity index (χ1n) is 5.70. The first-order valence-corrected chi connectivity index (χ1v) is 7.60. The highest BCUT2D eigenvalue weighted by molar-refractivity contribution is 14.1. The zero-order chi connectivity index (χ0) is 13.7. The average molecular weight is 382 g/mol. The van der Waals surface area contributed by atoms with E-state index in [1.807, 2.05) is 0 Å². The Hall–Kier alpha value is -0.490. The van der Waals surface area contributed by atoms with Crippen LogP contribution in [0.5, 0.6) is 5.75 Å². The van der Waals surface area contributed by atoms with E-state index in [4.69, 9.17) is 16.3 Å². The van der Waals surface area contributed by atoms with Gasteiger partial charge in [0.05, 0.1) is 12.7 Å². The molecular weight excluding hydrogens is 365 g/mol. The predicted molar refractivity (Wildman–Crippen MR) is 83.0 cm³/mol. The number of nitrogens with one attached hydrogen (secondary N) is 1. The molecule has 0 aliphatic carbocycles. The molecule has 0 saturated carbocycles. The smallest absolute Gasteiger partial charge is 0.255 e. The van der Waals surface area contributed by atoms with E-state index in [9.17, 15) is 4.79 Å². The van der Waals surface area contributed by atoms with Gasteiger partial charge in [-0.1, -0.05) is 48.0 Å². The molecule has 1 atom stereocenters. The second-order valence-electron chi connectivity index (χ2n) is 4.32. The third kappa shape index (κ3) is 4.02. The van der Waals surface area contributed by atoms with E-state index < -0.39 is 0 Å². The van der Waals surface area contributed by atoms with Crippen molar-refractivity contribution in [2.45, 2.75) is 19.9 Å². The molecule has 18 heavy (non-hydrogen) atoms. The van der Waals surface area contributed by atoms with Gasteiger partial charge >= 0.3 is 0 Å². The molecule has 1 unspecified atom stereocenters. The van der Waals surface area contributed by atoms with Crippen LogP contribution in [-0.4, -0.2) is 23.5 Å². The molecule has 0 radical (unpaired) electrons. The number of alkyl halides is 1. The third-order valence-corrected chi connectivity index (χ3v) is 3.88. The molecule has 5 heteroatoms. The van der Waals surface area contributed by atoms with Crippen molar-refractivity contribution >= 4 is 40.1 Å². The number of halogens is 2. The van der Waals surface area contributed by atoms with Gasteiger partial charge in [0, 0.05) is 15.5 Å². The van der Waals surface area contributed by atoms with Crippen molar-refractivity contribution in [2.75, 3.05) is 11.5 Å². The summed E-state index contributed by atoms with van der Waals surface area (Å²) in [5, 5.41) is 3.56. The highest BCUT2D eigenvalue weighted by Crippen LogP contribution is 2.23. The van der Waals surface area contributed by atoms with Crippen molar-refractivity contribution in [1.82, 2.24) is 5.32 Å². The highest BCUT2D eigenvalue weighted by Gasteiger charge is 2.18. The predicted octanol–water partition coefficient (Wildman–Crippen LogP) is 3.54. The Morgan fingerprint density at radius 3 is 2.67 bits per heavy atom. The molecule has 1 aromatic carbocycles. The molecule has 0 aliphatic heterocycles. The minimum atomic E-state index is -0.126. The van der Waals surface area contributed by atoms with Crippen LogP contribution in [0.3, 0.4) is 0 Å². The fraction of sp³-hybridized carbons (Fsp3) is 0.462. The lowest BCUT2D eigenvalue weighted by molar-refractivity contribution is 0.0929. The van der Waals surface area contributed by atoms with Crippen LogP contribution in [0.1, 0.15) is 24.2 Å². The van der Waals surface area contributed by atoms with E-state index in [-0.39, 0.29) is 11.9 Å². The lowest BCUT2D eigenvalue weighted by atomic mass is 10.1. The summed E-state index contributed by atoms with van der Waals surface area (Å²) in [6.07, 6.45) is 0. The molecule has 0 aliphatic rings. The largest absolute Gasteiger partial charge is 0.496 e. The first-order chi connectivity index (χ1) is 8.49. The molecule has 1 rings (SSSR count). The fourth-order valence-corrected chi connectivity index (χ4v) is 2.88. The number of hydrogen-bond acceptors (Lipinski definition) is 2. The van der Waals surface area contributed by atoms with Crippen molar-refractivity contribution in [3.63, 3.8) is 0 Å². The SMILES string of the molecule is COc1cc(Cl)ccc1C(=O)NC(CI)C(C)C. The van der Waals surface area contributed by atoms with Crippen LogP contribution in [-0.2, 0) is 0 Å². The zero-order valence-electron chi connectivity index (χ0n) is 10.7. The summed E-state index contributed by atoms with van der Waals surface area (Å²) < 4.78 is 6.05. The van der Waals surface area contributed by atoms with E-state index in [1.165, 1.54) is 7.11 Å². The molecule has 1 aromatic rings. The Kier molecular flexibility index (Phi) is 6.21. The summed E-state index contributed by atoms with van der Waals surface area (Å²) in [4.78, 5) is 12.2. The van der Waals surface area contributed by atoms with Gasteiger partial charge in [0.25, 0.3) is 5.91 Å². The maximum atomic E-state index is 12.2. The molecule has 100 valence electrons. The van der Waals surface area contributed by atoms with Crippen molar-refractivity contribution in [3.05, 3.63) is 28.8 Å². The lowest BCUT2D eigenvalue weighted by Gasteiger charge is -2.20. The number of benzene rings is 1. The molecular formula is C13H17ClINO2. The Morgan fingerprint density at radius 2 is 2.17 bits per heavy atom. The number of hydrogen-bond donors (Lipinski definition) is 1. The minimum Gasteiger partial charge on any atom is -0.496 e. The zero-order valence-corrected chi connectivity index (χ0v) is 13.6. The van der Waals surface area contributed by atoms with Crippen molar-refractivity contribution in [3.8, 4) is 5.75 Å². The normalized spacial score (nSPS) is 12.3. The van der Waals surface area contributed by atoms with Crippen molar-refractivity contribution in [1.29, 1.82) is 0 Å².